The van der Waals surface area contributed by atoms with Crippen LogP contribution >= 0.6 is 11.6 Å². The first-order chi connectivity index (χ1) is 14.1. The number of fused-ring (bicyclic) bond motifs is 2. The normalized spacial score (nSPS) is 11.2. The van der Waals surface area contributed by atoms with Crippen molar-refractivity contribution in [2.45, 2.75) is 6.92 Å². The average molecular weight is 405 g/mol. The van der Waals surface area contributed by atoms with Crippen LogP contribution in [-0.4, -0.2) is 19.7 Å². The van der Waals surface area contributed by atoms with E-state index in [4.69, 9.17) is 20.8 Å². The summed E-state index contributed by atoms with van der Waals surface area (Å²) in [4.78, 5) is 20.2. The molecule has 142 valence electrons. The van der Waals surface area contributed by atoms with Crippen LogP contribution in [0, 0.1) is 6.92 Å². The van der Waals surface area contributed by atoms with Crippen molar-refractivity contribution in [2.24, 2.45) is 0 Å². The van der Waals surface area contributed by atoms with Gasteiger partial charge >= 0.3 is 5.63 Å². The summed E-state index contributed by atoms with van der Waals surface area (Å²) < 4.78 is 12.9. The highest BCUT2D eigenvalue weighted by molar-refractivity contribution is 6.30. The standard InChI is InChI=1S/C21H13ClN4O3/c1-12-7-19(27)29-18-9-15(5-6-16(12)18)28-21-17-10-25-26(20(17)23-11-24-21)14-4-2-3-13(22)8-14/h2-11H,1H3. The monoisotopic (exact) mass is 404 g/mol. The van der Waals surface area contributed by atoms with Crippen LogP contribution in [-0.2, 0) is 0 Å². The summed E-state index contributed by atoms with van der Waals surface area (Å²) in [5.41, 5.74) is 2.25. The zero-order valence-corrected chi connectivity index (χ0v) is 15.9. The number of nitrogens with zero attached hydrogens (tertiary/aromatic N) is 4. The van der Waals surface area contributed by atoms with E-state index < -0.39 is 5.63 Å². The highest BCUT2D eigenvalue weighted by Gasteiger charge is 2.14. The number of halogens is 1. The summed E-state index contributed by atoms with van der Waals surface area (Å²) in [6, 6.07) is 14.1. The summed E-state index contributed by atoms with van der Waals surface area (Å²) in [5, 5.41) is 6.48. The smallest absolute Gasteiger partial charge is 0.336 e. The minimum absolute atomic E-state index is 0.345. The van der Waals surface area contributed by atoms with Crippen LogP contribution in [0.3, 0.4) is 0 Å². The Labute approximate surface area is 169 Å². The molecule has 5 rings (SSSR count). The maximum absolute atomic E-state index is 11.7. The quantitative estimate of drug-likeness (QED) is 0.406. The second-order valence-electron chi connectivity index (χ2n) is 6.46. The van der Waals surface area contributed by atoms with Gasteiger partial charge in [-0.1, -0.05) is 17.7 Å². The van der Waals surface area contributed by atoms with E-state index in [0.29, 0.717) is 33.3 Å². The molecule has 29 heavy (non-hydrogen) atoms. The molecule has 2 aromatic carbocycles. The molecule has 0 bridgehead atoms. The lowest BCUT2D eigenvalue weighted by Crippen LogP contribution is -1.99. The third kappa shape index (κ3) is 3.11. The molecular formula is C21H13ClN4O3. The van der Waals surface area contributed by atoms with Crippen LogP contribution in [0.15, 0.2) is 70.3 Å². The Hall–Kier alpha value is -3.71. The molecular weight excluding hydrogens is 392 g/mol. The van der Waals surface area contributed by atoms with Crippen molar-refractivity contribution in [3.8, 4) is 17.3 Å². The van der Waals surface area contributed by atoms with Crippen molar-refractivity contribution in [3.05, 3.63) is 82.1 Å². The van der Waals surface area contributed by atoms with Crippen molar-refractivity contribution < 1.29 is 9.15 Å². The Bertz CT molecular complexity index is 1440. The molecule has 0 spiro atoms. The summed E-state index contributed by atoms with van der Waals surface area (Å²) in [5.74, 6) is 0.833. The van der Waals surface area contributed by atoms with Gasteiger partial charge in [-0.25, -0.2) is 19.4 Å². The fourth-order valence-electron chi connectivity index (χ4n) is 3.18. The highest BCUT2D eigenvalue weighted by Crippen LogP contribution is 2.30. The highest BCUT2D eigenvalue weighted by atomic mass is 35.5. The SMILES string of the molecule is Cc1cc(=O)oc2cc(Oc3ncnc4c3cnn4-c3cccc(Cl)c3)ccc12. The number of aryl methyl sites for hydroxylation is 1. The lowest BCUT2D eigenvalue weighted by atomic mass is 10.1. The van der Waals surface area contributed by atoms with Crippen molar-refractivity contribution in [1.29, 1.82) is 0 Å². The first-order valence-corrected chi connectivity index (χ1v) is 9.13. The maximum atomic E-state index is 11.7. The van der Waals surface area contributed by atoms with Gasteiger partial charge in [0.25, 0.3) is 0 Å². The van der Waals surface area contributed by atoms with Gasteiger partial charge in [0.2, 0.25) is 5.88 Å². The van der Waals surface area contributed by atoms with Crippen molar-refractivity contribution in [3.63, 3.8) is 0 Å². The number of aromatic nitrogens is 4. The zero-order valence-electron chi connectivity index (χ0n) is 15.2. The number of hydrogen-bond acceptors (Lipinski definition) is 6. The maximum Gasteiger partial charge on any atom is 0.336 e. The molecule has 8 heteroatoms. The molecule has 0 N–H and O–H groups in total. The molecule has 3 aromatic heterocycles. The zero-order chi connectivity index (χ0) is 20.0. The molecule has 0 amide bonds. The fraction of sp³-hybridized carbons (Fsp3) is 0.0476. The number of hydrogen-bond donors (Lipinski definition) is 0. The average Bonchev–Trinajstić information content (AvgIpc) is 3.13. The van der Waals surface area contributed by atoms with Crippen LogP contribution in [0.2, 0.25) is 5.02 Å². The van der Waals surface area contributed by atoms with E-state index in [2.05, 4.69) is 15.1 Å². The molecule has 0 aliphatic heterocycles. The van der Waals surface area contributed by atoms with Crippen LogP contribution in [0.5, 0.6) is 11.6 Å². The molecule has 5 aromatic rings. The lowest BCUT2D eigenvalue weighted by Gasteiger charge is -2.07. The Balaban J connectivity index is 1.58. The lowest BCUT2D eigenvalue weighted by molar-refractivity contribution is 0.466. The largest absolute Gasteiger partial charge is 0.438 e. The molecule has 7 nitrogen and oxygen atoms in total. The second kappa shape index (κ2) is 6.72. The van der Waals surface area contributed by atoms with Gasteiger partial charge in [0.05, 0.1) is 11.9 Å². The summed E-state index contributed by atoms with van der Waals surface area (Å²) >= 11 is 6.09. The minimum Gasteiger partial charge on any atom is -0.438 e. The second-order valence-corrected chi connectivity index (χ2v) is 6.90. The van der Waals surface area contributed by atoms with Gasteiger partial charge in [0.1, 0.15) is 23.0 Å². The van der Waals surface area contributed by atoms with Crippen molar-refractivity contribution >= 4 is 33.6 Å². The van der Waals surface area contributed by atoms with E-state index in [1.54, 1.807) is 35.1 Å². The predicted molar refractivity (Wildman–Crippen MR) is 109 cm³/mol. The number of rotatable bonds is 3. The Kier molecular flexibility index (Phi) is 4.03. The van der Waals surface area contributed by atoms with Gasteiger partial charge in [-0.3, -0.25) is 0 Å². The van der Waals surface area contributed by atoms with Crippen molar-refractivity contribution in [2.75, 3.05) is 0 Å². The molecule has 0 saturated carbocycles. The number of ether oxygens (including phenoxy) is 1. The van der Waals surface area contributed by atoms with Crippen LogP contribution in [0.4, 0.5) is 0 Å². The molecule has 0 saturated heterocycles. The van der Waals surface area contributed by atoms with Gasteiger partial charge < -0.3 is 9.15 Å². The van der Waals surface area contributed by atoms with Crippen LogP contribution in [0.1, 0.15) is 5.56 Å². The molecule has 0 unspecified atom stereocenters. The van der Waals surface area contributed by atoms with Gasteiger partial charge in [0.15, 0.2) is 5.65 Å². The summed E-state index contributed by atoms with van der Waals surface area (Å²) in [6.07, 6.45) is 3.04. The van der Waals surface area contributed by atoms with Crippen molar-refractivity contribution in [1.82, 2.24) is 19.7 Å². The van der Waals surface area contributed by atoms with Gasteiger partial charge in [0, 0.05) is 22.5 Å². The van der Waals surface area contributed by atoms with E-state index in [0.717, 1.165) is 16.6 Å². The molecule has 0 aliphatic carbocycles. The minimum atomic E-state index is -0.403. The molecule has 3 heterocycles. The van der Waals surface area contributed by atoms with E-state index >= 15 is 0 Å². The van der Waals surface area contributed by atoms with E-state index in [1.807, 2.05) is 25.1 Å². The first-order valence-electron chi connectivity index (χ1n) is 8.75. The topological polar surface area (TPSA) is 83.0 Å². The first kappa shape index (κ1) is 17.4. The molecule has 0 aliphatic rings. The van der Waals surface area contributed by atoms with Gasteiger partial charge in [-0.05, 0) is 42.8 Å². The summed E-state index contributed by atoms with van der Waals surface area (Å²) in [7, 11) is 0. The van der Waals surface area contributed by atoms with Crippen LogP contribution < -0.4 is 10.4 Å². The predicted octanol–water partition coefficient (Wildman–Crippen LogP) is 4.68. The van der Waals surface area contributed by atoms with E-state index in [-0.39, 0.29) is 0 Å². The third-order valence-electron chi connectivity index (χ3n) is 4.52. The van der Waals surface area contributed by atoms with E-state index in [9.17, 15) is 4.79 Å². The Morgan fingerprint density at radius 3 is 2.83 bits per heavy atom. The van der Waals surface area contributed by atoms with Crippen LogP contribution in [0.25, 0.3) is 27.7 Å². The Morgan fingerprint density at radius 2 is 1.97 bits per heavy atom. The molecule has 0 radical (unpaired) electrons. The molecule has 0 fully saturated rings. The molecule has 0 atom stereocenters. The third-order valence-corrected chi connectivity index (χ3v) is 4.75. The Morgan fingerprint density at radius 1 is 1.07 bits per heavy atom. The van der Waals surface area contributed by atoms with Gasteiger partial charge in [-0.15, -0.1) is 0 Å². The van der Waals surface area contributed by atoms with E-state index in [1.165, 1.54) is 12.4 Å². The summed E-state index contributed by atoms with van der Waals surface area (Å²) in [6.45, 7) is 1.86. The fourth-order valence-corrected chi connectivity index (χ4v) is 3.37. The van der Waals surface area contributed by atoms with Gasteiger partial charge in [-0.2, -0.15) is 5.10 Å². The number of benzene rings is 2.